The molecule has 2 aromatic rings. The molecule has 0 saturated carbocycles. The molecule has 5 nitrogen and oxygen atoms in total. The van der Waals surface area contributed by atoms with Gasteiger partial charge in [-0.3, -0.25) is 0 Å². The van der Waals surface area contributed by atoms with Crippen LogP contribution < -0.4 is 10.3 Å². The molecule has 1 aliphatic heterocycles. The largest absolute Gasteiger partial charge is 0.516 e. The molecule has 0 aliphatic carbocycles. The van der Waals surface area contributed by atoms with E-state index in [0.29, 0.717) is 0 Å². The van der Waals surface area contributed by atoms with Crippen LogP contribution >= 0.6 is 0 Å². The van der Waals surface area contributed by atoms with Crippen LogP contribution in [0.1, 0.15) is 27.7 Å². The fourth-order valence-electron chi connectivity index (χ4n) is 2.58. The topological polar surface area (TPSA) is 45.5 Å². The van der Waals surface area contributed by atoms with Crippen LogP contribution in [-0.4, -0.2) is 35.0 Å². The van der Waals surface area contributed by atoms with Crippen molar-refractivity contribution in [1.29, 1.82) is 0 Å². The zero-order valence-electron chi connectivity index (χ0n) is 14.6. The second-order valence-corrected chi connectivity index (χ2v) is 6.92. The van der Waals surface area contributed by atoms with Gasteiger partial charge in [0, 0.05) is 18.8 Å². The van der Waals surface area contributed by atoms with Crippen molar-refractivity contribution in [1.82, 2.24) is 9.55 Å². The lowest BCUT2D eigenvalue weighted by molar-refractivity contribution is 0.00578. The Labute approximate surface area is 137 Å². The summed E-state index contributed by atoms with van der Waals surface area (Å²) in [4.78, 5) is 4.72. The Morgan fingerprint density at radius 2 is 1.61 bits per heavy atom. The van der Waals surface area contributed by atoms with Gasteiger partial charge in [-0.1, -0.05) is 0 Å². The van der Waals surface area contributed by atoms with Crippen LogP contribution in [-0.2, 0) is 16.4 Å². The van der Waals surface area contributed by atoms with Crippen LogP contribution in [0.4, 0.5) is 0 Å². The third-order valence-corrected chi connectivity index (χ3v) is 4.74. The number of aryl methyl sites for hydroxylation is 1. The molecule has 0 spiro atoms. The molecule has 1 aliphatic rings. The highest BCUT2D eigenvalue weighted by atomic mass is 16.7. The summed E-state index contributed by atoms with van der Waals surface area (Å²) in [7, 11) is 3.19. The van der Waals surface area contributed by atoms with E-state index in [2.05, 4.69) is 0 Å². The highest BCUT2D eigenvalue weighted by Gasteiger charge is 2.52. The summed E-state index contributed by atoms with van der Waals surface area (Å²) >= 11 is 0. The third-order valence-electron chi connectivity index (χ3n) is 4.74. The Hall–Kier alpha value is -1.79. The Bertz CT molecular complexity index is 691. The van der Waals surface area contributed by atoms with Gasteiger partial charge in [-0.15, -0.1) is 0 Å². The summed E-state index contributed by atoms with van der Waals surface area (Å²) in [6.45, 7) is 8.17. The molecule has 6 heteroatoms. The molecule has 1 fully saturated rings. The van der Waals surface area contributed by atoms with Crippen LogP contribution in [0.2, 0.25) is 0 Å². The number of benzene rings is 1. The van der Waals surface area contributed by atoms with Gasteiger partial charge in [0.2, 0.25) is 0 Å². The highest BCUT2D eigenvalue weighted by molar-refractivity contribution is 6.61. The number of methoxy groups -OCH3 is 1. The first kappa shape index (κ1) is 16.1. The number of hydrogen-bond acceptors (Lipinski definition) is 4. The van der Waals surface area contributed by atoms with Crippen LogP contribution in [0.3, 0.4) is 0 Å². The molecule has 2 heterocycles. The summed E-state index contributed by atoms with van der Waals surface area (Å²) in [5, 5.41) is 0. The maximum Gasteiger partial charge on any atom is 0.516 e. The zero-order valence-corrected chi connectivity index (χ0v) is 14.6. The van der Waals surface area contributed by atoms with Gasteiger partial charge in [0.05, 0.1) is 23.9 Å². The van der Waals surface area contributed by atoms with Gasteiger partial charge in [-0.05, 0) is 52.0 Å². The fourth-order valence-corrected chi connectivity index (χ4v) is 2.58. The van der Waals surface area contributed by atoms with E-state index in [0.717, 1.165) is 22.7 Å². The summed E-state index contributed by atoms with van der Waals surface area (Å²) in [5.74, 6) is 1.70. The van der Waals surface area contributed by atoms with E-state index in [1.807, 2.05) is 69.8 Å². The first-order chi connectivity index (χ1) is 10.7. The second kappa shape index (κ2) is 5.39. The van der Waals surface area contributed by atoms with Gasteiger partial charge >= 0.3 is 7.12 Å². The second-order valence-electron chi connectivity index (χ2n) is 6.92. The predicted octanol–water partition coefficient (Wildman–Crippen LogP) is 2.39. The van der Waals surface area contributed by atoms with E-state index in [9.17, 15) is 0 Å². The van der Waals surface area contributed by atoms with Crippen molar-refractivity contribution in [3.8, 4) is 17.1 Å². The average molecular weight is 314 g/mol. The summed E-state index contributed by atoms with van der Waals surface area (Å²) in [6, 6.07) is 7.85. The Morgan fingerprint density at radius 3 is 2.13 bits per heavy atom. The number of ether oxygens (including phenoxy) is 1. The Balaban J connectivity index is 1.90. The van der Waals surface area contributed by atoms with Gasteiger partial charge < -0.3 is 18.6 Å². The minimum atomic E-state index is -0.446. The quantitative estimate of drug-likeness (QED) is 0.816. The van der Waals surface area contributed by atoms with Gasteiger partial charge in [-0.2, -0.15) is 0 Å². The molecule has 0 amide bonds. The van der Waals surface area contributed by atoms with Crippen LogP contribution in [0.15, 0.2) is 30.5 Å². The molecule has 0 N–H and O–H groups in total. The van der Waals surface area contributed by atoms with E-state index < -0.39 is 7.12 Å². The van der Waals surface area contributed by atoms with Crippen molar-refractivity contribution in [3.05, 3.63) is 30.5 Å². The smallest absolute Gasteiger partial charge is 0.497 e. The van der Waals surface area contributed by atoms with Gasteiger partial charge in [0.1, 0.15) is 11.6 Å². The molecule has 0 unspecified atom stereocenters. The van der Waals surface area contributed by atoms with Crippen molar-refractivity contribution in [3.63, 3.8) is 0 Å². The fraction of sp³-hybridized carbons (Fsp3) is 0.471. The zero-order chi connectivity index (χ0) is 16.8. The minimum Gasteiger partial charge on any atom is -0.497 e. The molecular weight excluding hydrogens is 291 g/mol. The Morgan fingerprint density at radius 1 is 1.04 bits per heavy atom. The van der Waals surface area contributed by atoms with E-state index in [4.69, 9.17) is 19.0 Å². The van der Waals surface area contributed by atoms with E-state index in [-0.39, 0.29) is 11.2 Å². The molecule has 3 rings (SSSR count). The number of aromatic nitrogens is 2. The van der Waals surface area contributed by atoms with E-state index >= 15 is 0 Å². The van der Waals surface area contributed by atoms with Crippen LogP contribution in [0, 0.1) is 0 Å². The summed E-state index contributed by atoms with van der Waals surface area (Å²) in [5.41, 5.74) is 1.08. The van der Waals surface area contributed by atoms with Gasteiger partial charge in [0.15, 0.2) is 0 Å². The number of hydrogen-bond donors (Lipinski definition) is 0. The van der Waals surface area contributed by atoms with E-state index in [1.54, 1.807) is 7.11 Å². The van der Waals surface area contributed by atoms with Crippen molar-refractivity contribution >= 4 is 12.7 Å². The standard InChI is InChI=1S/C17H23BN2O3/c1-16(2)17(3,4)23-18(22-16)14-11-20(5)15(19-14)12-7-9-13(21-6)10-8-12/h7-11H,1-6H3. The SMILES string of the molecule is COc1ccc(-c2nc(B3OC(C)(C)C(C)(C)O3)cn2C)cc1. The molecule has 1 aromatic carbocycles. The average Bonchev–Trinajstić information content (AvgIpc) is 2.97. The number of nitrogens with zero attached hydrogens (tertiary/aromatic N) is 2. The first-order valence-corrected chi connectivity index (χ1v) is 7.77. The molecule has 122 valence electrons. The van der Waals surface area contributed by atoms with Crippen molar-refractivity contribution < 1.29 is 14.0 Å². The predicted molar refractivity (Wildman–Crippen MR) is 90.9 cm³/mol. The maximum absolute atomic E-state index is 6.07. The van der Waals surface area contributed by atoms with Crippen LogP contribution in [0.5, 0.6) is 5.75 Å². The highest BCUT2D eigenvalue weighted by Crippen LogP contribution is 2.36. The summed E-state index contributed by atoms with van der Waals surface area (Å²) < 4.78 is 19.3. The molecule has 0 radical (unpaired) electrons. The van der Waals surface area contributed by atoms with Gasteiger partial charge in [0.25, 0.3) is 0 Å². The third kappa shape index (κ3) is 2.77. The van der Waals surface area contributed by atoms with E-state index in [1.165, 1.54) is 0 Å². The van der Waals surface area contributed by atoms with Crippen LogP contribution in [0.25, 0.3) is 11.4 Å². The molecular formula is C17H23BN2O3. The maximum atomic E-state index is 6.07. The number of rotatable bonds is 3. The minimum absolute atomic E-state index is 0.366. The lowest BCUT2D eigenvalue weighted by Gasteiger charge is -2.32. The number of imidazole rings is 1. The lowest BCUT2D eigenvalue weighted by Crippen LogP contribution is -2.41. The van der Waals surface area contributed by atoms with Crippen molar-refractivity contribution in [2.75, 3.05) is 7.11 Å². The van der Waals surface area contributed by atoms with Gasteiger partial charge in [-0.25, -0.2) is 4.98 Å². The van der Waals surface area contributed by atoms with Crippen molar-refractivity contribution in [2.45, 2.75) is 38.9 Å². The molecule has 23 heavy (non-hydrogen) atoms. The van der Waals surface area contributed by atoms with Crippen molar-refractivity contribution in [2.24, 2.45) is 7.05 Å². The molecule has 0 bridgehead atoms. The molecule has 1 aromatic heterocycles. The Kier molecular flexibility index (Phi) is 3.77. The normalized spacial score (nSPS) is 19.1. The first-order valence-electron chi connectivity index (χ1n) is 7.77. The summed E-state index contributed by atoms with van der Waals surface area (Å²) in [6.07, 6.45) is 1.96. The monoisotopic (exact) mass is 314 g/mol. The lowest BCUT2D eigenvalue weighted by atomic mass is 9.86. The molecule has 0 atom stereocenters. The molecule has 1 saturated heterocycles.